The van der Waals surface area contributed by atoms with Crippen LogP contribution in [0.3, 0.4) is 0 Å². The highest BCUT2D eigenvalue weighted by atomic mass is 16.6. The number of hydrogen-bond donors (Lipinski definition) is 0. The molecule has 0 radical (unpaired) electrons. The van der Waals surface area contributed by atoms with E-state index in [1.165, 1.54) is 0 Å². The highest BCUT2D eigenvalue weighted by Crippen LogP contribution is 2.46. The molecule has 2 saturated heterocycles. The third kappa shape index (κ3) is 2.82. The Kier molecular flexibility index (Phi) is 4.43. The topological polar surface area (TPSA) is 72.2 Å². The van der Waals surface area contributed by atoms with Crippen molar-refractivity contribution in [2.45, 2.75) is 18.1 Å². The summed E-state index contributed by atoms with van der Waals surface area (Å²) in [5.74, 6) is 1.13. The molecule has 0 spiro atoms. The number of carbonyl (C=O) groups is 2. The first-order valence-electron chi connectivity index (χ1n) is 9.69. The van der Waals surface area contributed by atoms with E-state index in [2.05, 4.69) is 0 Å². The van der Waals surface area contributed by atoms with Crippen molar-refractivity contribution >= 4 is 17.7 Å². The van der Waals surface area contributed by atoms with Gasteiger partial charge in [-0.25, -0.2) is 4.79 Å². The van der Waals surface area contributed by atoms with E-state index < -0.39 is 18.2 Å². The maximum atomic E-state index is 13.3. The van der Waals surface area contributed by atoms with Gasteiger partial charge in [0.25, 0.3) is 5.91 Å². The lowest BCUT2D eigenvalue weighted by Gasteiger charge is -2.49. The predicted molar refractivity (Wildman–Crippen MR) is 108 cm³/mol. The molecule has 2 aliphatic heterocycles. The lowest BCUT2D eigenvalue weighted by molar-refractivity contribution is -0.132. The van der Waals surface area contributed by atoms with Gasteiger partial charge in [-0.15, -0.1) is 0 Å². The van der Waals surface area contributed by atoms with E-state index in [-0.39, 0.29) is 18.6 Å². The molecule has 5 rings (SSSR count). The Balaban J connectivity index is 1.52. The molecule has 3 aromatic rings. The van der Waals surface area contributed by atoms with Gasteiger partial charge < -0.3 is 13.9 Å². The van der Waals surface area contributed by atoms with Gasteiger partial charge in [0.05, 0.1) is 19.4 Å². The molecular formula is C23H20N2O5. The van der Waals surface area contributed by atoms with Crippen molar-refractivity contribution in [1.82, 2.24) is 4.90 Å². The van der Waals surface area contributed by atoms with Gasteiger partial charge in [0, 0.05) is 5.69 Å². The maximum Gasteiger partial charge on any atom is 0.411 e. The fourth-order valence-corrected chi connectivity index (χ4v) is 4.19. The van der Waals surface area contributed by atoms with Gasteiger partial charge in [0.2, 0.25) is 0 Å². The predicted octanol–water partition coefficient (Wildman–Crippen LogP) is 3.94. The van der Waals surface area contributed by atoms with Crippen molar-refractivity contribution in [2.24, 2.45) is 0 Å². The number of ether oxygens (including phenoxy) is 2. The van der Waals surface area contributed by atoms with E-state index in [0.717, 1.165) is 5.56 Å². The molecule has 0 saturated carbocycles. The molecule has 3 atom stereocenters. The minimum Gasteiger partial charge on any atom is -0.497 e. The van der Waals surface area contributed by atoms with Crippen molar-refractivity contribution in [3.63, 3.8) is 0 Å². The van der Waals surface area contributed by atoms with Crippen LogP contribution in [0.5, 0.6) is 5.75 Å². The fourth-order valence-electron chi connectivity index (χ4n) is 4.19. The Morgan fingerprint density at radius 2 is 1.70 bits per heavy atom. The molecular weight excluding hydrogens is 384 g/mol. The summed E-state index contributed by atoms with van der Waals surface area (Å²) in [5.41, 5.74) is 1.64. The summed E-state index contributed by atoms with van der Waals surface area (Å²) in [4.78, 5) is 29.2. The molecule has 0 unspecified atom stereocenters. The van der Waals surface area contributed by atoms with Crippen LogP contribution in [0.4, 0.5) is 10.5 Å². The lowest BCUT2D eigenvalue weighted by Crippen LogP contribution is -2.66. The third-order valence-electron chi connectivity index (χ3n) is 5.65. The van der Waals surface area contributed by atoms with Crippen molar-refractivity contribution in [3.8, 4) is 5.75 Å². The minimum atomic E-state index is -0.710. The molecule has 2 amide bonds. The molecule has 1 aromatic heterocycles. The average molecular weight is 404 g/mol. The SMILES string of the molecule is COc1ccc(N2C(=O)[C@H](N3C(=O)OC[C@H]3c3ccccc3)[C@@H]2c2ccco2)cc1. The van der Waals surface area contributed by atoms with E-state index in [0.29, 0.717) is 17.2 Å². The van der Waals surface area contributed by atoms with Crippen LogP contribution in [-0.2, 0) is 9.53 Å². The van der Waals surface area contributed by atoms with Crippen molar-refractivity contribution in [2.75, 3.05) is 18.6 Å². The normalized spacial score (nSPS) is 23.3. The highest BCUT2D eigenvalue weighted by molar-refractivity contribution is 6.07. The summed E-state index contributed by atoms with van der Waals surface area (Å²) in [6.07, 6.45) is 1.08. The molecule has 3 heterocycles. The number of rotatable bonds is 5. The smallest absolute Gasteiger partial charge is 0.411 e. The second kappa shape index (κ2) is 7.26. The molecule has 0 aliphatic carbocycles. The standard InChI is InChI=1S/C23H20N2O5/c1-28-17-11-9-16(10-12-17)24-20(19-8-5-13-29-19)21(22(24)26)25-18(14-30-23(25)27)15-6-3-2-4-7-15/h2-13,18,20-21H,14H2,1H3/t18-,20-,21+/m0/s1. The number of methoxy groups -OCH3 is 1. The first kappa shape index (κ1) is 18.3. The highest BCUT2D eigenvalue weighted by Gasteiger charge is 2.58. The molecule has 7 heteroatoms. The van der Waals surface area contributed by atoms with Gasteiger partial charge in [-0.1, -0.05) is 30.3 Å². The second-order valence-electron chi connectivity index (χ2n) is 7.22. The van der Waals surface area contributed by atoms with Crippen LogP contribution in [0, 0.1) is 0 Å². The monoisotopic (exact) mass is 404 g/mol. The molecule has 2 fully saturated rings. The van der Waals surface area contributed by atoms with Crippen molar-refractivity contribution < 1.29 is 23.5 Å². The number of furan rings is 1. The van der Waals surface area contributed by atoms with E-state index >= 15 is 0 Å². The number of benzene rings is 2. The van der Waals surface area contributed by atoms with Crippen LogP contribution >= 0.6 is 0 Å². The number of cyclic esters (lactones) is 1. The Bertz CT molecular complexity index is 1050. The Morgan fingerprint density at radius 3 is 2.37 bits per heavy atom. The molecule has 2 aromatic carbocycles. The second-order valence-corrected chi connectivity index (χ2v) is 7.22. The zero-order valence-electron chi connectivity index (χ0n) is 16.3. The fraction of sp³-hybridized carbons (Fsp3) is 0.217. The van der Waals surface area contributed by atoms with Gasteiger partial charge in [0.15, 0.2) is 0 Å². The number of hydrogen-bond acceptors (Lipinski definition) is 5. The molecule has 152 valence electrons. The quantitative estimate of drug-likeness (QED) is 0.603. The zero-order chi connectivity index (χ0) is 20.7. The Labute approximate surface area is 173 Å². The summed E-state index contributed by atoms with van der Waals surface area (Å²) >= 11 is 0. The van der Waals surface area contributed by atoms with Crippen LogP contribution in [0.2, 0.25) is 0 Å². The molecule has 0 bridgehead atoms. The number of carbonyl (C=O) groups excluding carboxylic acids is 2. The number of amides is 2. The first-order valence-corrected chi connectivity index (χ1v) is 9.69. The van der Waals surface area contributed by atoms with Gasteiger partial charge in [-0.05, 0) is 42.0 Å². The molecule has 7 nitrogen and oxygen atoms in total. The van der Waals surface area contributed by atoms with E-state index in [9.17, 15) is 9.59 Å². The van der Waals surface area contributed by atoms with E-state index in [1.54, 1.807) is 41.4 Å². The first-order chi connectivity index (χ1) is 14.7. The van der Waals surface area contributed by atoms with Gasteiger partial charge >= 0.3 is 6.09 Å². The van der Waals surface area contributed by atoms with E-state index in [1.807, 2.05) is 48.5 Å². The summed E-state index contributed by atoms with van der Waals surface area (Å²) in [5, 5.41) is 0. The number of anilines is 1. The van der Waals surface area contributed by atoms with Crippen LogP contribution in [0.15, 0.2) is 77.4 Å². The zero-order valence-corrected chi connectivity index (χ0v) is 16.3. The van der Waals surface area contributed by atoms with Gasteiger partial charge in [0.1, 0.15) is 30.2 Å². The largest absolute Gasteiger partial charge is 0.497 e. The maximum absolute atomic E-state index is 13.3. The molecule has 2 aliphatic rings. The summed E-state index contributed by atoms with van der Waals surface area (Å²) in [6, 6.07) is 18.9. The Morgan fingerprint density at radius 1 is 0.933 bits per heavy atom. The van der Waals surface area contributed by atoms with Gasteiger partial charge in [-0.2, -0.15) is 0 Å². The number of nitrogens with zero attached hydrogens (tertiary/aromatic N) is 2. The lowest BCUT2D eigenvalue weighted by atomic mass is 9.88. The van der Waals surface area contributed by atoms with Crippen molar-refractivity contribution in [1.29, 1.82) is 0 Å². The van der Waals surface area contributed by atoms with Crippen LogP contribution < -0.4 is 9.64 Å². The van der Waals surface area contributed by atoms with Crippen molar-refractivity contribution in [3.05, 3.63) is 84.3 Å². The van der Waals surface area contributed by atoms with E-state index in [4.69, 9.17) is 13.9 Å². The molecule has 0 N–H and O–H groups in total. The summed E-state index contributed by atoms with van der Waals surface area (Å²) in [7, 11) is 1.59. The summed E-state index contributed by atoms with van der Waals surface area (Å²) in [6.45, 7) is 0.208. The number of β-lactam (4-membered cyclic amide) rings is 1. The van der Waals surface area contributed by atoms with Crippen LogP contribution in [0.1, 0.15) is 23.4 Å². The third-order valence-corrected chi connectivity index (χ3v) is 5.65. The van der Waals surface area contributed by atoms with Crippen LogP contribution in [0.25, 0.3) is 0 Å². The summed E-state index contributed by atoms with van der Waals surface area (Å²) < 4.78 is 16.2. The van der Waals surface area contributed by atoms with Crippen LogP contribution in [-0.4, -0.2) is 36.7 Å². The Hall–Kier alpha value is -3.74. The average Bonchev–Trinajstić information content (AvgIpc) is 3.43. The van der Waals surface area contributed by atoms with Gasteiger partial charge in [-0.3, -0.25) is 14.6 Å². The molecule has 30 heavy (non-hydrogen) atoms. The minimum absolute atomic E-state index is 0.179.